The molecule has 32 heavy (non-hydrogen) atoms. The Balaban J connectivity index is 1.55. The van der Waals surface area contributed by atoms with E-state index in [0.717, 1.165) is 12.1 Å². The van der Waals surface area contributed by atoms with Gasteiger partial charge >= 0.3 is 0 Å². The SMILES string of the molecule is Cn1ncc(C(CNC(=O)c2cc(-c3ccc(F)cc3F)on2)c2cccc(Cl)n2)c1Cl. The second kappa shape index (κ2) is 9.05. The molecule has 1 unspecified atom stereocenters. The number of nitrogens with one attached hydrogen (secondary N) is 1. The van der Waals surface area contributed by atoms with Crippen LogP contribution in [-0.2, 0) is 7.05 Å². The lowest BCUT2D eigenvalue weighted by atomic mass is 9.98. The van der Waals surface area contributed by atoms with Gasteiger partial charge in [-0.2, -0.15) is 5.10 Å². The van der Waals surface area contributed by atoms with Gasteiger partial charge in [-0.1, -0.05) is 34.4 Å². The van der Waals surface area contributed by atoms with Gasteiger partial charge in [-0.25, -0.2) is 13.8 Å². The van der Waals surface area contributed by atoms with Gasteiger partial charge in [0.25, 0.3) is 5.91 Å². The second-order valence-corrected chi connectivity index (χ2v) is 7.61. The zero-order valence-corrected chi connectivity index (χ0v) is 18.0. The highest BCUT2D eigenvalue weighted by molar-refractivity contribution is 6.30. The number of carbonyl (C=O) groups excluding carboxylic acids is 1. The number of hydrogen-bond acceptors (Lipinski definition) is 5. The van der Waals surface area contributed by atoms with Crippen molar-refractivity contribution < 1.29 is 18.1 Å². The molecule has 0 spiro atoms. The van der Waals surface area contributed by atoms with Crippen LogP contribution in [0.4, 0.5) is 8.78 Å². The molecule has 0 bridgehead atoms. The normalized spacial score (nSPS) is 12.0. The summed E-state index contributed by atoms with van der Waals surface area (Å²) in [6.45, 7) is 0.102. The molecule has 1 atom stereocenters. The first-order chi connectivity index (χ1) is 15.3. The summed E-state index contributed by atoms with van der Waals surface area (Å²) < 4.78 is 33.7. The molecule has 1 amide bonds. The molecule has 0 saturated carbocycles. The number of aryl methyl sites for hydroxylation is 1. The lowest BCUT2D eigenvalue weighted by Gasteiger charge is -2.16. The highest BCUT2D eigenvalue weighted by Crippen LogP contribution is 2.29. The first-order valence-corrected chi connectivity index (χ1v) is 10.1. The molecule has 0 aliphatic carbocycles. The van der Waals surface area contributed by atoms with E-state index in [1.54, 1.807) is 31.4 Å². The van der Waals surface area contributed by atoms with E-state index in [1.165, 1.54) is 16.8 Å². The summed E-state index contributed by atoms with van der Waals surface area (Å²) >= 11 is 12.4. The zero-order chi connectivity index (χ0) is 22.8. The smallest absolute Gasteiger partial charge is 0.273 e. The van der Waals surface area contributed by atoms with E-state index in [1.807, 2.05) is 0 Å². The number of aromatic nitrogens is 4. The number of pyridine rings is 1. The van der Waals surface area contributed by atoms with Crippen LogP contribution in [0, 0.1) is 11.6 Å². The highest BCUT2D eigenvalue weighted by Gasteiger charge is 2.24. The molecule has 0 aliphatic heterocycles. The molecule has 3 heterocycles. The average molecular weight is 478 g/mol. The number of nitrogens with zero attached hydrogens (tertiary/aromatic N) is 4. The number of carbonyl (C=O) groups is 1. The van der Waals surface area contributed by atoms with Crippen molar-refractivity contribution in [2.45, 2.75) is 5.92 Å². The van der Waals surface area contributed by atoms with Crippen molar-refractivity contribution in [2.75, 3.05) is 6.54 Å². The summed E-state index contributed by atoms with van der Waals surface area (Å²) in [6, 6.07) is 9.42. The van der Waals surface area contributed by atoms with Gasteiger partial charge in [-0.3, -0.25) is 9.48 Å². The van der Waals surface area contributed by atoms with Crippen LogP contribution in [0.5, 0.6) is 0 Å². The minimum absolute atomic E-state index is 0.00369. The fourth-order valence-corrected chi connectivity index (χ4v) is 3.54. The molecule has 11 heteroatoms. The van der Waals surface area contributed by atoms with Gasteiger partial charge < -0.3 is 9.84 Å². The molecule has 4 rings (SSSR count). The number of benzene rings is 1. The molecule has 0 saturated heterocycles. The standard InChI is InChI=1S/C21H15Cl2F2N5O2/c1-30-20(23)14(10-27-30)13(16-3-2-4-19(22)28-16)9-26-21(31)17-8-18(32-29-17)12-6-5-11(24)7-15(12)25/h2-8,10,13H,9H2,1H3,(H,26,31). The Kier molecular flexibility index (Phi) is 6.20. The van der Waals surface area contributed by atoms with Crippen molar-refractivity contribution in [1.29, 1.82) is 0 Å². The predicted molar refractivity (Wildman–Crippen MR) is 113 cm³/mol. The maximum atomic E-state index is 14.0. The fraction of sp³-hybridized carbons (Fsp3) is 0.143. The van der Waals surface area contributed by atoms with E-state index < -0.39 is 23.5 Å². The second-order valence-electron chi connectivity index (χ2n) is 6.86. The van der Waals surface area contributed by atoms with Crippen LogP contribution in [-0.4, -0.2) is 32.4 Å². The molecule has 0 aliphatic rings. The Morgan fingerprint density at radius 2 is 2.03 bits per heavy atom. The zero-order valence-electron chi connectivity index (χ0n) is 16.5. The van der Waals surface area contributed by atoms with Crippen molar-refractivity contribution in [1.82, 2.24) is 25.2 Å². The minimum atomic E-state index is -0.827. The Labute approximate surface area is 191 Å². The molecule has 164 valence electrons. The van der Waals surface area contributed by atoms with Crippen LogP contribution in [0.15, 0.2) is 53.2 Å². The van der Waals surface area contributed by atoms with Gasteiger partial charge in [-0.05, 0) is 24.3 Å². The maximum absolute atomic E-state index is 14.0. The van der Waals surface area contributed by atoms with E-state index in [2.05, 4.69) is 20.6 Å². The third-order valence-corrected chi connectivity index (χ3v) is 5.44. The summed E-state index contributed by atoms with van der Waals surface area (Å²) in [5.74, 6) is -2.56. The van der Waals surface area contributed by atoms with Crippen molar-refractivity contribution in [3.8, 4) is 11.3 Å². The summed E-state index contributed by atoms with van der Waals surface area (Å²) in [5.41, 5.74) is 1.15. The minimum Gasteiger partial charge on any atom is -0.355 e. The van der Waals surface area contributed by atoms with Gasteiger partial charge in [0, 0.05) is 37.2 Å². The fourth-order valence-electron chi connectivity index (χ4n) is 3.15. The highest BCUT2D eigenvalue weighted by atomic mass is 35.5. The molecule has 0 radical (unpaired) electrons. The van der Waals surface area contributed by atoms with Gasteiger partial charge in [-0.15, -0.1) is 0 Å². The summed E-state index contributed by atoms with van der Waals surface area (Å²) in [4.78, 5) is 17.0. The molecular weight excluding hydrogens is 463 g/mol. The van der Waals surface area contributed by atoms with Crippen LogP contribution < -0.4 is 5.32 Å². The largest absolute Gasteiger partial charge is 0.355 e. The van der Waals surface area contributed by atoms with Crippen LogP contribution in [0.3, 0.4) is 0 Å². The predicted octanol–water partition coefficient (Wildman–Crippen LogP) is 4.62. The number of amides is 1. The molecule has 0 fully saturated rings. The van der Waals surface area contributed by atoms with E-state index in [4.69, 9.17) is 27.7 Å². The van der Waals surface area contributed by atoms with Gasteiger partial charge in [0.2, 0.25) is 0 Å². The summed E-state index contributed by atoms with van der Waals surface area (Å²) in [6.07, 6.45) is 1.59. The molecule has 1 N–H and O–H groups in total. The number of hydrogen-bond donors (Lipinski definition) is 1. The molecule has 1 aromatic carbocycles. The quantitative estimate of drug-likeness (QED) is 0.409. The van der Waals surface area contributed by atoms with Crippen molar-refractivity contribution >= 4 is 29.1 Å². The van der Waals surface area contributed by atoms with E-state index in [9.17, 15) is 13.6 Å². The van der Waals surface area contributed by atoms with Crippen LogP contribution in [0.2, 0.25) is 10.3 Å². The van der Waals surface area contributed by atoms with Gasteiger partial charge in [0.1, 0.15) is 21.9 Å². The van der Waals surface area contributed by atoms with Crippen molar-refractivity contribution in [2.24, 2.45) is 7.05 Å². The number of halogens is 4. The lowest BCUT2D eigenvalue weighted by Crippen LogP contribution is -2.29. The van der Waals surface area contributed by atoms with E-state index in [0.29, 0.717) is 21.6 Å². The Hall–Kier alpha value is -3.30. The Bertz CT molecular complexity index is 1290. The lowest BCUT2D eigenvalue weighted by molar-refractivity contribution is 0.0943. The van der Waals surface area contributed by atoms with Crippen LogP contribution in [0.1, 0.15) is 27.7 Å². The molecular formula is C21H15Cl2F2N5O2. The van der Waals surface area contributed by atoms with Gasteiger partial charge in [0.05, 0.1) is 17.5 Å². The van der Waals surface area contributed by atoms with Crippen LogP contribution in [0.25, 0.3) is 11.3 Å². The third-order valence-electron chi connectivity index (χ3n) is 4.77. The van der Waals surface area contributed by atoms with Crippen molar-refractivity contribution in [3.63, 3.8) is 0 Å². The average Bonchev–Trinajstić information content (AvgIpc) is 3.37. The first kappa shape index (κ1) is 21.9. The van der Waals surface area contributed by atoms with Crippen LogP contribution >= 0.6 is 23.2 Å². The van der Waals surface area contributed by atoms with Crippen molar-refractivity contribution in [3.05, 3.63) is 87.6 Å². The Morgan fingerprint density at radius 1 is 1.22 bits per heavy atom. The molecule has 3 aromatic heterocycles. The first-order valence-electron chi connectivity index (χ1n) is 9.33. The maximum Gasteiger partial charge on any atom is 0.273 e. The Morgan fingerprint density at radius 3 is 2.72 bits per heavy atom. The molecule has 7 nitrogen and oxygen atoms in total. The van der Waals surface area contributed by atoms with E-state index in [-0.39, 0.29) is 23.6 Å². The van der Waals surface area contributed by atoms with Gasteiger partial charge in [0.15, 0.2) is 11.5 Å². The summed E-state index contributed by atoms with van der Waals surface area (Å²) in [5, 5.41) is 11.3. The topological polar surface area (TPSA) is 85.8 Å². The monoisotopic (exact) mass is 477 g/mol. The molecule has 4 aromatic rings. The third kappa shape index (κ3) is 4.49. The van der Waals surface area contributed by atoms with E-state index >= 15 is 0 Å². The summed E-state index contributed by atoms with van der Waals surface area (Å²) in [7, 11) is 1.69. The number of rotatable bonds is 6.